The summed E-state index contributed by atoms with van der Waals surface area (Å²) in [6.45, 7) is 4.64. The third-order valence-electron chi connectivity index (χ3n) is 13.3. The van der Waals surface area contributed by atoms with E-state index in [9.17, 15) is 28.9 Å². The average molecular weight is 1040 g/mol. The van der Waals surface area contributed by atoms with Crippen LogP contribution in [0.4, 0.5) is 0 Å². The van der Waals surface area contributed by atoms with Crippen LogP contribution in [0.3, 0.4) is 0 Å². The molecule has 72 heavy (non-hydrogen) atoms. The van der Waals surface area contributed by atoms with Crippen molar-refractivity contribution in [1.29, 1.82) is 0 Å². The number of phosphoric ester groups is 1. The summed E-state index contributed by atoms with van der Waals surface area (Å²) in [6.07, 6.45) is 55.6. The van der Waals surface area contributed by atoms with Crippen LogP contribution in [-0.4, -0.2) is 66.5 Å². The summed E-state index contributed by atoms with van der Waals surface area (Å²) in [7, 11) is -4.74. The van der Waals surface area contributed by atoms with Gasteiger partial charge in [-0.05, 0) is 64.2 Å². The van der Waals surface area contributed by atoms with E-state index in [2.05, 4.69) is 45.1 Å². The van der Waals surface area contributed by atoms with Crippen LogP contribution in [0.2, 0.25) is 0 Å². The summed E-state index contributed by atoms with van der Waals surface area (Å²) < 4.78 is 39.5. The summed E-state index contributed by atoms with van der Waals surface area (Å²) in [4.78, 5) is 48.5. The highest BCUT2D eigenvalue weighted by molar-refractivity contribution is 7.47. The molecule has 0 aromatic carbocycles. The lowest BCUT2D eigenvalue weighted by atomic mass is 10.0. The molecule has 3 unspecified atom stereocenters. The third kappa shape index (κ3) is 52.8. The first-order valence-electron chi connectivity index (χ1n) is 30.2. The molecule has 0 aromatic rings. The van der Waals surface area contributed by atoms with Gasteiger partial charge in [-0.25, -0.2) is 4.57 Å². The lowest BCUT2D eigenvalue weighted by molar-refractivity contribution is -0.161. The number of hydrogen-bond acceptors (Lipinski definition) is 10. The molecule has 0 heterocycles. The molecule has 0 radical (unpaired) electrons. The number of unbranched alkanes of at least 4 members (excludes halogenated alkanes) is 36. The summed E-state index contributed by atoms with van der Waals surface area (Å²) >= 11 is 0. The molecule has 11 nitrogen and oxygen atoms in total. The largest absolute Gasteiger partial charge is 0.472 e. The highest BCUT2D eigenvalue weighted by Crippen LogP contribution is 2.43. The van der Waals surface area contributed by atoms with E-state index in [1.54, 1.807) is 0 Å². The minimum Gasteiger partial charge on any atom is -0.462 e. The van der Waals surface area contributed by atoms with Crippen LogP contribution in [0.1, 0.15) is 303 Å². The lowest BCUT2D eigenvalue weighted by Crippen LogP contribution is -2.30. The van der Waals surface area contributed by atoms with E-state index < -0.39 is 57.8 Å². The molecule has 0 aromatic heterocycles. The number of aliphatic hydroxyl groups is 1. The van der Waals surface area contributed by atoms with Crippen LogP contribution in [-0.2, 0) is 42.2 Å². The highest BCUT2D eigenvalue weighted by Gasteiger charge is 2.28. The monoisotopic (exact) mass is 1040 g/mol. The number of hydrogen-bond donors (Lipinski definition) is 2. The van der Waals surface area contributed by atoms with E-state index in [4.69, 9.17) is 23.3 Å². The van der Waals surface area contributed by atoms with Gasteiger partial charge in [-0.2, -0.15) is 0 Å². The Hall–Kier alpha value is -2.04. The molecule has 0 aliphatic heterocycles. The predicted octanol–water partition coefficient (Wildman–Crippen LogP) is 17.8. The minimum absolute atomic E-state index is 0.170. The van der Waals surface area contributed by atoms with Gasteiger partial charge < -0.3 is 24.2 Å². The van der Waals surface area contributed by atoms with Crippen LogP contribution >= 0.6 is 7.82 Å². The number of esters is 3. The van der Waals surface area contributed by atoms with Gasteiger partial charge in [0.15, 0.2) is 6.10 Å². The van der Waals surface area contributed by atoms with Gasteiger partial charge in [0.25, 0.3) is 0 Å². The summed E-state index contributed by atoms with van der Waals surface area (Å²) in [5.74, 6) is -1.45. The fourth-order valence-electron chi connectivity index (χ4n) is 8.69. The molecule has 0 rings (SSSR count). The van der Waals surface area contributed by atoms with Gasteiger partial charge in [0.2, 0.25) is 0 Å². The first kappa shape index (κ1) is 70.0. The van der Waals surface area contributed by atoms with Crippen LogP contribution < -0.4 is 0 Å². The molecule has 2 N–H and O–H groups in total. The Morgan fingerprint density at radius 1 is 0.375 bits per heavy atom. The van der Waals surface area contributed by atoms with Crippen LogP contribution in [0, 0.1) is 0 Å². The van der Waals surface area contributed by atoms with Crippen molar-refractivity contribution in [3.8, 4) is 0 Å². The molecule has 0 saturated heterocycles. The van der Waals surface area contributed by atoms with Gasteiger partial charge in [-0.1, -0.05) is 244 Å². The Bertz CT molecular complexity index is 1310. The molecular weight excluding hydrogens is 928 g/mol. The maximum absolute atomic E-state index is 12.9. The smallest absolute Gasteiger partial charge is 0.462 e. The molecule has 0 spiro atoms. The molecule has 0 amide bonds. The van der Waals surface area contributed by atoms with Gasteiger partial charge in [0.1, 0.15) is 12.7 Å². The zero-order chi connectivity index (χ0) is 52.7. The van der Waals surface area contributed by atoms with Crippen LogP contribution in [0.5, 0.6) is 0 Å². The van der Waals surface area contributed by atoms with Gasteiger partial charge >= 0.3 is 25.7 Å². The SMILES string of the molecule is CCCC/C=C\CCCCCCCC(=O)OC(CO)COP(=O)(O)OCC(COC(=O)CCCCCCCCCCCCCCCCC)OC(=O)CCCCCCCCCCC/C=C\CCCCCCCC. The Labute approximate surface area is 442 Å². The summed E-state index contributed by atoms with van der Waals surface area (Å²) in [5, 5.41) is 9.80. The number of carbonyl (C=O) groups is 3. The number of aliphatic hydroxyl groups excluding tert-OH is 1. The molecule has 0 aliphatic carbocycles. The summed E-state index contributed by atoms with van der Waals surface area (Å²) in [6, 6.07) is 0. The van der Waals surface area contributed by atoms with Crippen molar-refractivity contribution in [3.05, 3.63) is 24.3 Å². The molecule has 0 saturated carbocycles. The molecule has 0 aliphatic rings. The first-order valence-corrected chi connectivity index (χ1v) is 31.7. The van der Waals surface area contributed by atoms with E-state index in [1.165, 1.54) is 167 Å². The zero-order valence-corrected chi connectivity index (χ0v) is 47.8. The van der Waals surface area contributed by atoms with Gasteiger partial charge in [-0.15, -0.1) is 0 Å². The first-order chi connectivity index (χ1) is 35.2. The highest BCUT2D eigenvalue weighted by atomic mass is 31.2. The second kappa shape index (κ2) is 55.2. The summed E-state index contributed by atoms with van der Waals surface area (Å²) in [5.41, 5.74) is 0. The molecular formula is C60H113O11P. The molecule has 0 fully saturated rings. The van der Waals surface area contributed by atoms with Crippen molar-refractivity contribution in [2.24, 2.45) is 0 Å². The van der Waals surface area contributed by atoms with Crippen molar-refractivity contribution in [3.63, 3.8) is 0 Å². The number of ether oxygens (including phenoxy) is 3. The Morgan fingerprint density at radius 3 is 1.00 bits per heavy atom. The minimum atomic E-state index is -4.74. The maximum Gasteiger partial charge on any atom is 0.472 e. The van der Waals surface area contributed by atoms with E-state index in [0.29, 0.717) is 19.3 Å². The second-order valence-corrected chi connectivity index (χ2v) is 22.0. The molecule has 3 atom stereocenters. The number of allylic oxidation sites excluding steroid dienone is 4. The molecule has 12 heteroatoms. The fraction of sp³-hybridized carbons (Fsp3) is 0.883. The van der Waals surface area contributed by atoms with Crippen LogP contribution in [0.25, 0.3) is 0 Å². The Balaban J connectivity index is 4.67. The van der Waals surface area contributed by atoms with E-state index in [-0.39, 0.29) is 25.9 Å². The average Bonchev–Trinajstić information content (AvgIpc) is 3.37. The van der Waals surface area contributed by atoms with Crippen molar-refractivity contribution < 1.29 is 52.2 Å². The Morgan fingerprint density at radius 2 is 0.653 bits per heavy atom. The fourth-order valence-corrected chi connectivity index (χ4v) is 9.47. The van der Waals surface area contributed by atoms with Crippen molar-refractivity contribution in [2.45, 2.75) is 315 Å². The van der Waals surface area contributed by atoms with Gasteiger partial charge in [0.05, 0.1) is 19.8 Å². The second-order valence-electron chi connectivity index (χ2n) is 20.5. The maximum atomic E-state index is 12.9. The number of rotatable bonds is 57. The standard InChI is InChI=1S/C60H113O11P/c1-4-7-10-13-16-19-22-24-26-27-28-29-31-33-36-39-42-45-48-51-60(64)71-57(53-67-58(62)49-46-43-40-37-35-32-30-25-23-20-17-14-11-8-5-2)55-69-72(65,66)68-54-56(52-61)70-59(63)50-47-44-41-38-34-21-18-15-12-9-6-3/h15,18,24,26,56-57,61H,4-14,16-17,19-23,25,27-55H2,1-3H3,(H,65,66)/b18-15-,26-24-. The number of phosphoric acid groups is 1. The Kier molecular flexibility index (Phi) is 53.6. The van der Waals surface area contributed by atoms with E-state index >= 15 is 0 Å². The van der Waals surface area contributed by atoms with Gasteiger partial charge in [-0.3, -0.25) is 23.4 Å². The number of carbonyl (C=O) groups excluding carboxylic acids is 3. The lowest BCUT2D eigenvalue weighted by Gasteiger charge is -2.21. The van der Waals surface area contributed by atoms with Gasteiger partial charge in [0, 0.05) is 19.3 Å². The van der Waals surface area contributed by atoms with Crippen LogP contribution in [0.15, 0.2) is 24.3 Å². The third-order valence-corrected chi connectivity index (χ3v) is 14.3. The van der Waals surface area contributed by atoms with E-state index in [1.807, 2.05) is 0 Å². The zero-order valence-electron chi connectivity index (χ0n) is 46.9. The quantitative estimate of drug-likeness (QED) is 0.0197. The topological polar surface area (TPSA) is 155 Å². The van der Waals surface area contributed by atoms with Crippen molar-refractivity contribution in [2.75, 3.05) is 26.4 Å². The normalized spacial score (nSPS) is 13.5. The molecule has 0 bridgehead atoms. The van der Waals surface area contributed by atoms with E-state index in [0.717, 1.165) is 77.0 Å². The predicted molar refractivity (Wildman–Crippen MR) is 298 cm³/mol. The van der Waals surface area contributed by atoms with Crippen molar-refractivity contribution in [1.82, 2.24) is 0 Å². The molecule has 424 valence electrons. The van der Waals surface area contributed by atoms with Crippen molar-refractivity contribution >= 4 is 25.7 Å².